The van der Waals surface area contributed by atoms with Gasteiger partial charge in [0, 0.05) is 12.5 Å². The van der Waals surface area contributed by atoms with E-state index < -0.39 is 64.1 Å². The molecule has 2 spiro atoms. The predicted molar refractivity (Wildman–Crippen MR) is 123 cm³/mol. The molecule has 5 fully saturated rings. The van der Waals surface area contributed by atoms with Crippen LogP contribution in [0, 0.1) is 16.2 Å². The van der Waals surface area contributed by atoms with Crippen LogP contribution < -0.4 is 0 Å². The molecule has 0 aromatic heterocycles. The molecule has 6 rings (SSSR count). The monoisotopic (exact) mass is 497 g/mol. The van der Waals surface area contributed by atoms with E-state index in [4.69, 9.17) is 14.2 Å². The topological polar surface area (TPSA) is 119 Å². The Bertz CT molecular complexity index is 1150. The normalized spacial score (nSPS) is 39.6. The van der Waals surface area contributed by atoms with E-state index in [1.165, 1.54) is 4.90 Å². The van der Waals surface area contributed by atoms with Crippen molar-refractivity contribution < 1.29 is 38.5 Å². The molecular weight excluding hydrogens is 466 g/mol. The highest BCUT2D eigenvalue weighted by atomic mass is 16.6. The van der Waals surface area contributed by atoms with Gasteiger partial charge < -0.3 is 19.3 Å². The van der Waals surface area contributed by atoms with Crippen LogP contribution in [-0.2, 0) is 28.6 Å². The van der Waals surface area contributed by atoms with Gasteiger partial charge in [0.25, 0.3) is 5.91 Å². The van der Waals surface area contributed by atoms with Crippen molar-refractivity contribution in [2.75, 3.05) is 0 Å². The third kappa shape index (κ3) is 2.54. The fourth-order valence-corrected chi connectivity index (χ4v) is 7.85. The van der Waals surface area contributed by atoms with Crippen molar-refractivity contribution >= 4 is 23.8 Å². The Morgan fingerprint density at radius 1 is 1.08 bits per heavy atom. The van der Waals surface area contributed by atoms with E-state index in [2.05, 4.69) is 0 Å². The first-order valence-electron chi connectivity index (χ1n) is 12.7. The second-order valence-corrected chi connectivity index (χ2v) is 11.9. The number of carbonyl (C=O) groups is 4. The van der Waals surface area contributed by atoms with Gasteiger partial charge in [-0.05, 0) is 30.4 Å². The summed E-state index contributed by atoms with van der Waals surface area (Å²) < 4.78 is 17.6. The van der Waals surface area contributed by atoms with Gasteiger partial charge >= 0.3 is 17.9 Å². The first-order chi connectivity index (χ1) is 17.0. The second-order valence-electron chi connectivity index (χ2n) is 11.9. The summed E-state index contributed by atoms with van der Waals surface area (Å²) in [5.41, 5.74) is -5.72. The van der Waals surface area contributed by atoms with Crippen LogP contribution in [0.3, 0.4) is 0 Å². The van der Waals surface area contributed by atoms with Crippen LogP contribution >= 0.6 is 0 Å². The Labute approximate surface area is 209 Å². The van der Waals surface area contributed by atoms with Crippen molar-refractivity contribution in [2.45, 2.75) is 89.4 Å². The van der Waals surface area contributed by atoms with Crippen LogP contribution in [0.25, 0.3) is 0 Å². The molecule has 192 valence electrons. The number of hydrogen-bond acceptors (Lipinski definition) is 8. The molecule has 2 saturated carbocycles. The molecule has 1 aromatic rings. The summed E-state index contributed by atoms with van der Waals surface area (Å²) in [6.07, 6.45) is -0.810. The van der Waals surface area contributed by atoms with E-state index in [-0.39, 0.29) is 24.4 Å². The lowest BCUT2D eigenvalue weighted by Crippen LogP contribution is -2.66. The minimum atomic E-state index is -1.73. The number of esters is 3. The van der Waals surface area contributed by atoms with Crippen LogP contribution in [-0.4, -0.2) is 63.9 Å². The zero-order chi connectivity index (χ0) is 25.7. The van der Waals surface area contributed by atoms with Gasteiger partial charge in [0.1, 0.15) is 16.9 Å². The van der Waals surface area contributed by atoms with Crippen LogP contribution in [0.15, 0.2) is 30.3 Å². The number of hydrogen-bond donors (Lipinski definition) is 1. The molecule has 0 bridgehead atoms. The summed E-state index contributed by atoms with van der Waals surface area (Å²) >= 11 is 0. The molecule has 3 saturated heterocycles. The summed E-state index contributed by atoms with van der Waals surface area (Å²) in [6.45, 7) is 5.45. The average Bonchev–Trinajstić information content (AvgIpc) is 3.58. The van der Waals surface area contributed by atoms with E-state index in [0.717, 1.165) is 25.7 Å². The van der Waals surface area contributed by atoms with Gasteiger partial charge in [-0.2, -0.15) is 0 Å². The van der Waals surface area contributed by atoms with Gasteiger partial charge in [-0.15, -0.1) is 0 Å². The molecule has 0 unspecified atom stereocenters. The molecule has 3 heterocycles. The smallest absolute Gasteiger partial charge is 0.338 e. The molecule has 1 aromatic carbocycles. The summed E-state index contributed by atoms with van der Waals surface area (Å²) in [5, 5.41) is 12.6. The molecule has 9 nitrogen and oxygen atoms in total. The van der Waals surface area contributed by atoms with Gasteiger partial charge in [-0.25, -0.2) is 4.79 Å². The van der Waals surface area contributed by atoms with Crippen molar-refractivity contribution in [1.29, 1.82) is 0 Å². The van der Waals surface area contributed by atoms with E-state index in [0.29, 0.717) is 0 Å². The van der Waals surface area contributed by atoms with Gasteiger partial charge in [0.15, 0.2) is 12.3 Å². The maximum atomic E-state index is 14.2. The first kappa shape index (κ1) is 23.5. The Morgan fingerprint density at radius 2 is 1.75 bits per heavy atom. The Hall–Kier alpha value is -2.94. The van der Waals surface area contributed by atoms with Gasteiger partial charge in [0.2, 0.25) is 0 Å². The Kier molecular flexibility index (Phi) is 4.76. The fourth-order valence-electron chi connectivity index (χ4n) is 7.85. The summed E-state index contributed by atoms with van der Waals surface area (Å²) in [4.78, 5) is 55.5. The number of benzene rings is 1. The maximum Gasteiger partial charge on any atom is 0.338 e. The summed E-state index contributed by atoms with van der Waals surface area (Å²) in [5.74, 6) is -2.51. The lowest BCUT2D eigenvalue weighted by molar-refractivity contribution is -0.213. The van der Waals surface area contributed by atoms with Crippen molar-refractivity contribution in [3.05, 3.63) is 35.9 Å². The van der Waals surface area contributed by atoms with E-state index in [9.17, 15) is 24.3 Å². The lowest BCUT2D eigenvalue weighted by atomic mass is 9.52. The zero-order valence-corrected chi connectivity index (χ0v) is 20.7. The van der Waals surface area contributed by atoms with Crippen molar-refractivity contribution in [3.63, 3.8) is 0 Å². The number of amides is 1. The lowest BCUT2D eigenvalue weighted by Gasteiger charge is -2.51. The highest BCUT2D eigenvalue weighted by Crippen LogP contribution is 2.76. The standard InChI is InChI=1S/C27H31NO8/c1-24(2,3)26(33)13-17-25(14-18(29)34-17)23(32)36-22-27(25,26)19(20(30)28(22)16-11-7-8-12-16)35-21(31)15-9-5-4-6-10-15/h4-6,9-10,16-17,19,22,33H,7-8,11-14H2,1-3H3/t17-,19-,22-,25-,26+,27+/m0/s1. The maximum absolute atomic E-state index is 14.2. The number of likely N-dealkylation sites (tertiary alicyclic amines) is 1. The summed E-state index contributed by atoms with van der Waals surface area (Å²) in [6, 6.07) is 8.06. The minimum absolute atomic E-state index is 0.0565. The molecule has 5 aliphatic rings. The predicted octanol–water partition coefficient (Wildman–Crippen LogP) is 2.35. The fraction of sp³-hybridized carbons (Fsp3) is 0.630. The molecule has 1 amide bonds. The number of carbonyl (C=O) groups excluding carboxylic acids is 4. The van der Waals surface area contributed by atoms with Crippen molar-refractivity contribution in [2.24, 2.45) is 16.2 Å². The van der Waals surface area contributed by atoms with E-state index >= 15 is 0 Å². The Morgan fingerprint density at radius 3 is 2.39 bits per heavy atom. The number of rotatable bonds is 3. The highest BCUT2D eigenvalue weighted by Gasteiger charge is 2.94. The number of ether oxygens (including phenoxy) is 3. The molecular formula is C27H31NO8. The highest BCUT2D eigenvalue weighted by molar-refractivity contribution is 5.99. The second kappa shape index (κ2) is 7.31. The van der Waals surface area contributed by atoms with Crippen molar-refractivity contribution in [3.8, 4) is 0 Å². The van der Waals surface area contributed by atoms with Crippen LogP contribution in [0.5, 0.6) is 0 Å². The quantitative estimate of drug-likeness (QED) is 0.499. The number of nitrogens with zero attached hydrogens (tertiary/aromatic N) is 1. The molecule has 9 heteroatoms. The van der Waals surface area contributed by atoms with Crippen LogP contribution in [0.1, 0.15) is 69.7 Å². The molecule has 3 aliphatic heterocycles. The third-order valence-corrected chi connectivity index (χ3v) is 9.46. The van der Waals surface area contributed by atoms with E-state index in [1.807, 2.05) is 20.8 Å². The van der Waals surface area contributed by atoms with E-state index in [1.54, 1.807) is 30.3 Å². The molecule has 1 N–H and O–H groups in total. The van der Waals surface area contributed by atoms with Gasteiger partial charge in [0.05, 0.1) is 17.6 Å². The first-order valence-corrected chi connectivity index (χ1v) is 12.7. The number of aliphatic hydroxyl groups is 1. The molecule has 36 heavy (non-hydrogen) atoms. The zero-order valence-electron chi connectivity index (χ0n) is 20.7. The molecule has 6 atom stereocenters. The third-order valence-electron chi connectivity index (χ3n) is 9.46. The van der Waals surface area contributed by atoms with Crippen LogP contribution in [0.2, 0.25) is 0 Å². The molecule has 0 radical (unpaired) electrons. The largest absolute Gasteiger partial charge is 0.461 e. The minimum Gasteiger partial charge on any atom is -0.461 e. The SMILES string of the molecule is CC(C)(C)[C@]1(O)C[C@@H]2OC(=O)C[C@@]23C(=O)O[C@@H]2N(C4CCCC4)C(=O)[C@H](OC(=O)c4ccccc4)[C@]213. The molecule has 2 aliphatic carbocycles. The van der Waals surface area contributed by atoms with Crippen molar-refractivity contribution in [1.82, 2.24) is 4.90 Å². The Balaban J connectivity index is 1.59. The summed E-state index contributed by atoms with van der Waals surface area (Å²) in [7, 11) is 0. The average molecular weight is 498 g/mol. The van der Waals surface area contributed by atoms with Crippen LogP contribution in [0.4, 0.5) is 0 Å². The van der Waals surface area contributed by atoms with Gasteiger partial charge in [-0.3, -0.25) is 19.3 Å². The van der Waals surface area contributed by atoms with Gasteiger partial charge in [-0.1, -0.05) is 51.8 Å².